The van der Waals surface area contributed by atoms with Gasteiger partial charge in [-0.25, -0.2) is 4.79 Å². The second-order valence-corrected chi connectivity index (χ2v) is 4.74. The fourth-order valence-corrected chi connectivity index (χ4v) is 1.91. The SMILES string of the molecule is CCOC(=O)C#CC(=O)c1ccc(-c2ccc(C)cc2)cc1. The van der Waals surface area contributed by atoms with Crippen LogP contribution in [0.1, 0.15) is 22.8 Å². The number of carbonyl (C=O) groups is 2. The van der Waals surface area contributed by atoms with E-state index in [1.807, 2.05) is 43.3 Å². The van der Waals surface area contributed by atoms with Crippen molar-refractivity contribution in [2.75, 3.05) is 6.61 Å². The maximum absolute atomic E-state index is 11.9. The molecular weight excluding hydrogens is 276 g/mol. The van der Waals surface area contributed by atoms with Crippen molar-refractivity contribution in [3.8, 4) is 23.0 Å². The van der Waals surface area contributed by atoms with Crippen molar-refractivity contribution in [2.24, 2.45) is 0 Å². The maximum Gasteiger partial charge on any atom is 0.384 e. The highest BCUT2D eigenvalue weighted by Crippen LogP contribution is 2.20. The molecule has 2 aromatic carbocycles. The molecule has 0 radical (unpaired) electrons. The van der Waals surface area contributed by atoms with E-state index in [1.165, 1.54) is 5.56 Å². The summed E-state index contributed by atoms with van der Waals surface area (Å²) in [5.41, 5.74) is 3.76. The first-order chi connectivity index (χ1) is 10.6. The van der Waals surface area contributed by atoms with Gasteiger partial charge in [0.2, 0.25) is 5.78 Å². The monoisotopic (exact) mass is 292 g/mol. The second-order valence-electron chi connectivity index (χ2n) is 4.74. The van der Waals surface area contributed by atoms with Crippen LogP contribution in [-0.2, 0) is 9.53 Å². The molecule has 0 fully saturated rings. The van der Waals surface area contributed by atoms with Crippen molar-refractivity contribution in [1.82, 2.24) is 0 Å². The van der Waals surface area contributed by atoms with E-state index in [2.05, 4.69) is 16.6 Å². The van der Waals surface area contributed by atoms with Crippen molar-refractivity contribution >= 4 is 11.8 Å². The highest BCUT2D eigenvalue weighted by Gasteiger charge is 2.04. The quantitative estimate of drug-likeness (QED) is 0.286. The summed E-state index contributed by atoms with van der Waals surface area (Å²) in [5, 5.41) is 0. The molecule has 0 saturated carbocycles. The van der Waals surface area contributed by atoms with E-state index >= 15 is 0 Å². The predicted octanol–water partition coefficient (Wildman–Crippen LogP) is 3.41. The summed E-state index contributed by atoms with van der Waals surface area (Å²) in [6.07, 6.45) is 0. The zero-order chi connectivity index (χ0) is 15.9. The van der Waals surface area contributed by atoms with Crippen LogP contribution in [0, 0.1) is 18.8 Å². The molecule has 3 nitrogen and oxygen atoms in total. The smallest absolute Gasteiger partial charge is 0.384 e. The normalized spacial score (nSPS) is 9.55. The van der Waals surface area contributed by atoms with Gasteiger partial charge in [-0.3, -0.25) is 4.79 Å². The molecule has 0 spiro atoms. The number of hydrogen-bond donors (Lipinski definition) is 0. The van der Waals surface area contributed by atoms with Crippen molar-refractivity contribution in [3.63, 3.8) is 0 Å². The number of ketones is 1. The Morgan fingerprint density at radius 2 is 1.45 bits per heavy atom. The van der Waals surface area contributed by atoms with Gasteiger partial charge in [-0.1, -0.05) is 42.0 Å². The average Bonchev–Trinajstić information content (AvgIpc) is 2.54. The summed E-state index contributed by atoms with van der Waals surface area (Å²) in [5.74, 6) is 3.37. The van der Waals surface area contributed by atoms with Gasteiger partial charge in [0, 0.05) is 11.5 Å². The summed E-state index contributed by atoms with van der Waals surface area (Å²) in [6, 6.07) is 15.3. The van der Waals surface area contributed by atoms with Crippen LogP contribution in [0.3, 0.4) is 0 Å². The molecule has 110 valence electrons. The molecule has 0 aliphatic rings. The number of rotatable bonds is 3. The molecule has 0 bridgehead atoms. The lowest BCUT2D eigenvalue weighted by molar-refractivity contribution is -0.136. The number of benzene rings is 2. The van der Waals surface area contributed by atoms with Crippen LogP contribution in [-0.4, -0.2) is 18.4 Å². The van der Waals surface area contributed by atoms with Gasteiger partial charge in [-0.05, 0) is 43.0 Å². The molecule has 2 aromatic rings. The van der Waals surface area contributed by atoms with Crippen LogP contribution in [0.2, 0.25) is 0 Å². The van der Waals surface area contributed by atoms with Crippen molar-refractivity contribution in [1.29, 1.82) is 0 Å². The van der Waals surface area contributed by atoms with E-state index in [0.717, 1.165) is 11.1 Å². The third-order valence-corrected chi connectivity index (χ3v) is 3.09. The molecule has 3 heteroatoms. The van der Waals surface area contributed by atoms with Crippen LogP contribution < -0.4 is 0 Å². The molecule has 22 heavy (non-hydrogen) atoms. The summed E-state index contributed by atoms with van der Waals surface area (Å²) >= 11 is 0. The van der Waals surface area contributed by atoms with Crippen LogP contribution in [0.25, 0.3) is 11.1 Å². The number of carbonyl (C=O) groups excluding carboxylic acids is 2. The minimum Gasteiger partial charge on any atom is -0.456 e. The first kappa shape index (κ1) is 15.5. The van der Waals surface area contributed by atoms with Crippen LogP contribution in [0.4, 0.5) is 0 Å². The van der Waals surface area contributed by atoms with E-state index in [9.17, 15) is 9.59 Å². The molecule has 0 heterocycles. The molecule has 0 aromatic heterocycles. The molecule has 2 rings (SSSR count). The zero-order valence-electron chi connectivity index (χ0n) is 12.6. The van der Waals surface area contributed by atoms with E-state index in [1.54, 1.807) is 19.1 Å². The Balaban J connectivity index is 2.13. The van der Waals surface area contributed by atoms with Gasteiger partial charge < -0.3 is 4.74 Å². The van der Waals surface area contributed by atoms with Crippen molar-refractivity contribution in [3.05, 3.63) is 59.7 Å². The summed E-state index contributed by atoms with van der Waals surface area (Å²) in [7, 11) is 0. The third-order valence-electron chi connectivity index (χ3n) is 3.09. The first-order valence-electron chi connectivity index (χ1n) is 7.00. The lowest BCUT2D eigenvalue weighted by Gasteiger charge is -2.03. The Morgan fingerprint density at radius 1 is 0.909 bits per heavy atom. The summed E-state index contributed by atoms with van der Waals surface area (Å²) < 4.78 is 4.65. The molecule has 0 aliphatic heterocycles. The van der Waals surface area contributed by atoms with E-state index in [4.69, 9.17) is 0 Å². The van der Waals surface area contributed by atoms with Crippen LogP contribution >= 0.6 is 0 Å². The molecule has 0 atom stereocenters. The molecule has 0 saturated heterocycles. The first-order valence-corrected chi connectivity index (χ1v) is 7.00. The van der Waals surface area contributed by atoms with Gasteiger partial charge in [-0.2, -0.15) is 0 Å². The Bertz CT molecular complexity index is 729. The molecule has 0 aliphatic carbocycles. The Morgan fingerprint density at radius 3 is 2.00 bits per heavy atom. The molecule has 0 N–H and O–H groups in total. The van der Waals surface area contributed by atoms with Gasteiger partial charge in [0.25, 0.3) is 0 Å². The lowest BCUT2D eigenvalue weighted by Crippen LogP contribution is -2.02. The van der Waals surface area contributed by atoms with Crippen LogP contribution in [0.5, 0.6) is 0 Å². The standard InChI is InChI=1S/C19H16O3/c1-3-22-19(21)13-12-18(20)17-10-8-16(9-11-17)15-6-4-14(2)5-7-15/h4-11H,3H2,1-2H3. The zero-order valence-corrected chi connectivity index (χ0v) is 12.6. The number of ether oxygens (including phenoxy) is 1. The fraction of sp³-hybridized carbons (Fsp3) is 0.158. The third kappa shape index (κ3) is 4.07. The number of esters is 1. The van der Waals surface area contributed by atoms with E-state index in [-0.39, 0.29) is 6.61 Å². The highest BCUT2D eigenvalue weighted by molar-refractivity contribution is 6.11. The number of hydrogen-bond acceptors (Lipinski definition) is 3. The van der Waals surface area contributed by atoms with Gasteiger partial charge in [-0.15, -0.1) is 0 Å². The maximum atomic E-state index is 11.9. The second kappa shape index (κ2) is 7.24. The van der Waals surface area contributed by atoms with E-state index < -0.39 is 11.8 Å². The van der Waals surface area contributed by atoms with Crippen molar-refractivity contribution in [2.45, 2.75) is 13.8 Å². The van der Waals surface area contributed by atoms with Gasteiger partial charge in [0.05, 0.1) is 6.61 Å². The van der Waals surface area contributed by atoms with Gasteiger partial charge >= 0.3 is 5.97 Å². The molecule has 0 unspecified atom stereocenters. The Kier molecular flexibility index (Phi) is 5.11. The minimum atomic E-state index is -0.688. The summed E-state index contributed by atoms with van der Waals surface area (Å²) in [4.78, 5) is 23.0. The number of Topliss-reactive ketones (excluding diaryl/α,β-unsaturated/α-hetero) is 1. The minimum absolute atomic E-state index is 0.243. The van der Waals surface area contributed by atoms with E-state index in [0.29, 0.717) is 5.56 Å². The summed E-state index contributed by atoms with van der Waals surface area (Å²) in [6.45, 7) is 3.96. The van der Waals surface area contributed by atoms with Crippen LogP contribution in [0.15, 0.2) is 48.5 Å². The van der Waals surface area contributed by atoms with Crippen molar-refractivity contribution < 1.29 is 14.3 Å². The van der Waals surface area contributed by atoms with Gasteiger partial charge in [0.15, 0.2) is 0 Å². The van der Waals surface area contributed by atoms with Gasteiger partial charge in [0.1, 0.15) is 0 Å². The Labute approximate surface area is 129 Å². The topological polar surface area (TPSA) is 43.4 Å². The Hall–Kier alpha value is -2.86. The fourth-order valence-electron chi connectivity index (χ4n) is 1.91. The average molecular weight is 292 g/mol. The predicted molar refractivity (Wildman–Crippen MR) is 85.4 cm³/mol. The largest absolute Gasteiger partial charge is 0.456 e. The number of aryl methyl sites for hydroxylation is 1. The lowest BCUT2D eigenvalue weighted by atomic mass is 10.0. The molecule has 0 amide bonds. The molecular formula is C19H16O3. The highest BCUT2D eigenvalue weighted by atomic mass is 16.5.